The van der Waals surface area contributed by atoms with Gasteiger partial charge in [0.05, 0.1) is 24.9 Å². The Hall–Kier alpha value is -0.280. The second-order valence-corrected chi connectivity index (χ2v) is 11.6. The molecule has 1 spiro atoms. The van der Waals surface area contributed by atoms with E-state index < -0.39 is 17.3 Å². The molecule has 0 aromatic carbocycles. The van der Waals surface area contributed by atoms with Crippen LogP contribution in [-0.4, -0.2) is 96.8 Å². The molecule has 5 saturated carbocycles. The van der Waals surface area contributed by atoms with E-state index in [-0.39, 0.29) is 52.8 Å². The maximum Gasteiger partial charge on any atom is 0.110 e. The molecule has 5 aliphatic carbocycles. The summed E-state index contributed by atoms with van der Waals surface area (Å²) in [6.07, 6.45) is 2.86. The van der Waals surface area contributed by atoms with E-state index in [0.29, 0.717) is 19.4 Å². The van der Waals surface area contributed by atoms with Crippen molar-refractivity contribution >= 4 is 0 Å². The number of likely N-dealkylation sites (tertiary alicyclic amines) is 1. The Morgan fingerprint density at radius 1 is 1.06 bits per heavy atom. The molecule has 12 atom stereocenters. The first-order chi connectivity index (χ1) is 14.8. The fraction of sp³-hybridized carbons (Fsp3) is 1.00. The van der Waals surface area contributed by atoms with Crippen molar-refractivity contribution in [3.05, 3.63) is 0 Å². The lowest BCUT2D eigenvalue weighted by Crippen LogP contribution is -2.81. The van der Waals surface area contributed by atoms with Gasteiger partial charge >= 0.3 is 0 Å². The van der Waals surface area contributed by atoms with Gasteiger partial charge in [0.1, 0.15) is 11.2 Å². The maximum absolute atomic E-state index is 12.6. The molecule has 7 bridgehead atoms. The van der Waals surface area contributed by atoms with Gasteiger partial charge in [-0.1, -0.05) is 6.92 Å². The highest BCUT2D eigenvalue weighted by atomic mass is 16.5. The van der Waals surface area contributed by atoms with Crippen LogP contribution in [0.1, 0.15) is 39.0 Å². The summed E-state index contributed by atoms with van der Waals surface area (Å²) >= 11 is 0. The van der Waals surface area contributed by atoms with Crippen LogP contribution in [0.2, 0.25) is 0 Å². The van der Waals surface area contributed by atoms with Crippen molar-refractivity contribution in [1.82, 2.24) is 4.90 Å². The zero-order valence-electron chi connectivity index (χ0n) is 19.3. The first-order valence-electron chi connectivity index (χ1n) is 12.2. The lowest BCUT2D eigenvalue weighted by molar-refractivity contribution is -0.314. The zero-order chi connectivity index (χ0) is 22.0. The second-order valence-electron chi connectivity index (χ2n) is 11.6. The Bertz CT molecular complexity index is 766. The molecule has 176 valence electrons. The number of methoxy groups -OCH3 is 3. The summed E-state index contributed by atoms with van der Waals surface area (Å²) in [6, 6.07) is -0.168. The molecule has 7 nitrogen and oxygen atoms in total. The molecule has 0 aromatic rings. The third-order valence-corrected chi connectivity index (χ3v) is 11.3. The minimum atomic E-state index is -1.35. The van der Waals surface area contributed by atoms with E-state index in [9.17, 15) is 15.3 Å². The standard InChI is InChI=1S/C24H39NO6/c1-5-25-11-21(12-29-2)7-6-17(31-4)24-14-8-13-15(30-3)9-22(27,18(14)19(13)26)23(28,20(24)25)10-16(21)24/h13-20,26-28H,5-12H2,1-4H3/t13-,14-,15+,16-,17+,18-,19+,20?,21+,22-,23-,24-/m1/s1. The Kier molecular flexibility index (Phi) is 4.41. The highest BCUT2D eigenvalue weighted by Gasteiger charge is 2.88. The molecular weight excluding hydrogens is 398 g/mol. The number of nitrogens with zero attached hydrogens (tertiary/aromatic N) is 1. The van der Waals surface area contributed by atoms with Crippen LogP contribution in [0.3, 0.4) is 0 Å². The number of rotatable bonds is 5. The van der Waals surface area contributed by atoms with Gasteiger partial charge in [0.25, 0.3) is 0 Å². The number of hydrogen-bond acceptors (Lipinski definition) is 7. The minimum Gasteiger partial charge on any atom is -0.392 e. The summed E-state index contributed by atoms with van der Waals surface area (Å²) in [4.78, 5) is 2.43. The van der Waals surface area contributed by atoms with Crippen LogP contribution in [-0.2, 0) is 14.2 Å². The summed E-state index contributed by atoms with van der Waals surface area (Å²) in [7, 11) is 5.26. The molecular formula is C24H39NO6. The second kappa shape index (κ2) is 6.44. The normalized spacial score (nSPS) is 61.6. The molecule has 31 heavy (non-hydrogen) atoms. The third-order valence-electron chi connectivity index (χ3n) is 11.3. The maximum atomic E-state index is 12.6. The molecule has 0 amide bonds. The van der Waals surface area contributed by atoms with Crippen LogP contribution in [0.5, 0.6) is 0 Å². The third kappa shape index (κ3) is 2.04. The van der Waals surface area contributed by atoms with Gasteiger partial charge in [-0.15, -0.1) is 0 Å². The van der Waals surface area contributed by atoms with Gasteiger partial charge in [-0.3, -0.25) is 4.90 Å². The zero-order valence-corrected chi connectivity index (χ0v) is 19.3. The van der Waals surface area contributed by atoms with Crippen molar-refractivity contribution in [3.8, 4) is 0 Å². The fourth-order valence-corrected chi connectivity index (χ4v) is 10.6. The molecule has 7 heteroatoms. The van der Waals surface area contributed by atoms with Gasteiger partial charge < -0.3 is 29.5 Å². The molecule has 0 radical (unpaired) electrons. The first kappa shape index (κ1) is 21.3. The summed E-state index contributed by atoms with van der Waals surface area (Å²) in [5, 5.41) is 36.4. The van der Waals surface area contributed by atoms with Crippen LogP contribution in [0.4, 0.5) is 0 Å². The van der Waals surface area contributed by atoms with E-state index in [2.05, 4.69) is 11.8 Å². The lowest BCUT2D eigenvalue weighted by Gasteiger charge is -2.70. The molecule has 6 fully saturated rings. The molecule has 1 heterocycles. The van der Waals surface area contributed by atoms with Crippen molar-refractivity contribution < 1.29 is 29.5 Å². The number of ether oxygens (including phenoxy) is 3. The molecule has 6 aliphatic rings. The van der Waals surface area contributed by atoms with Crippen molar-refractivity contribution in [2.75, 3.05) is 41.0 Å². The molecule has 6 rings (SSSR count). The van der Waals surface area contributed by atoms with Crippen molar-refractivity contribution in [1.29, 1.82) is 0 Å². The number of likely N-dealkylation sites (N-methyl/N-ethyl adjacent to an activating group) is 1. The average Bonchev–Trinajstić information content (AvgIpc) is 3.12. The van der Waals surface area contributed by atoms with E-state index in [1.165, 1.54) is 0 Å². The van der Waals surface area contributed by atoms with Gasteiger partial charge in [0.15, 0.2) is 0 Å². The first-order valence-corrected chi connectivity index (χ1v) is 12.2. The Morgan fingerprint density at radius 2 is 1.84 bits per heavy atom. The fourth-order valence-electron chi connectivity index (χ4n) is 10.6. The Balaban J connectivity index is 1.62. The molecule has 3 N–H and O–H groups in total. The highest BCUT2D eigenvalue weighted by Crippen LogP contribution is 2.80. The minimum absolute atomic E-state index is 0.00432. The largest absolute Gasteiger partial charge is 0.392 e. The number of aliphatic hydroxyl groups excluding tert-OH is 1. The monoisotopic (exact) mass is 437 g/mol. The average molecular weight is 438 g/mol. The van der Waals surface area contributed by atoms with E-state index in [1.54, 1.807) is 14.2 Å². The predicted octanol–water partition coefficient (Wildman–Crippen LogP) is 0.646. The van der Waals surface area contributed by atoms with Gasteiger partial charge in [0.2, 0.25) is 0 Å². The van der Waals surface area contributed by atoms with Crippen molar-refractivity contribution in [2.45, 2.75) is 74.6 Å². The van der Waals surface area contributed by atoms with E-state index in [4.69, 9.17) is 14.2 Å². The van der Waals surface area contributed by atoms with Crippen molar-refractivity contribution in [3.63, 3.8) is 0 Å². The Labute approximate surface area is 185 Å². The molecule has 1 saturated heterocycles. The summed E-state index contributed by atoms with van der Waals surface area (Å²) in [6.45, 7) is 4.53. The SMILES string of the molecule is CCN1C[C@]2(COC)CC[C@H](OC)[C@]34C1[C@](O)(C[C@H]23)[C@@]1(O)C[C@H](OC)[C@H]2C[C@@H]4[C@@H]1[C@H]2O. The van der Waals surface area contributed by atoms with Crippen molar-refractivity contribution in [2.24, 2.45) is 34.5 Å². The van der Waals surface area contributed by atoms with Gasteiger partial charge in [-0.25, -0.2) is 0 Å². The summed E-state index contributed by atoms with van der Waals surface area (Å²) in [5.41, 5.74) is -2.99. The number of fused-ring (bicyclic) bond motifs is 2. The number of piperidine rings is 1. The van der Waals surface area contributed by atoms with Crippen LogP contribution >= 0.6 is 0 Å². The van der Waals surface area contributed by atoms with E-state index in [1.807, 2.05) is 7.11 Å². The van der Waals surface area contributed by atoms with E-state index in [0.717, 1.165) is 32.4 Å². The van der Waals surface area contributed by atoms with Gasteiger partial charge in [-0.05, 0) is 44.1 Å². The summed E-state index contributed by atoms with van der Waals surface area (Å²) < 4.78 is 17.9. The van der Waals surface area contributed by atoms with Crippen LogP contribution in [0.25, 0.3) is 0 Å². The van der Waals surface area contributed by atoms with Crippen LogP contribution in [0.15, 0.2) is 0 Å². The van der Waals surface area contributed by atoms with Gasteiger partial charge in [-0.2, -0.15) is 0 Å². The summed E-state index contributed by atoms with van der Waals surface area (Å²) in [5.74, 6) is -0.0121. The molecule has 0 aromatic heterocycles. The highest BCUT2D eigenvalue weighted by molar-refractivity contribution is 5.38. The topological polar surface area (TPSA) is 91.6 Å². The van der Waals surface area contributed by atoms with Crippen LogP contribution < -0.4 is 0 Å². The molecule has 1 unspecified atom stereocenters. The van der Waals surface area contributed by atoms with E-state index >= 15 is 0 Å². The van der Waals surface area contributed by atoms with Gasteiger partial charge in [0, 0.05) is 63.0 Å². The Morgan fingerprint density at radius 3 is 2.48 bits per heavy atom. The molecule has 1 aliphatic heterocycles. The predicted molar refractivity (Wildman–Crippen MR) is 112 cm³/mol. The number of aliphatic hydroxyl groups is 3. The quantitative estimate of drug-likeness (QED) is 0.582. The number of hydrogen-bond donors (Lipinski definition) is 3. The van der Waals surface area contributed by atoms with Crippen LogP contribution in [0, 0.1) is 34.5 Å². The smallest absolute Gasteiger partial charge is 0.110 e. The lowest BCUT2D eigenvalue weighted by atomic mass is 9.42.